The summed E-state index contributed by atoms with van der Waals surface area (Å²) in [7, 11) is 1.42. The second-order valence-electron chi connectivity index (χ2n) is 10.1. The first-order chi connectivity index (χ1) is 21.8. The highest BCUT2D eigenvalue weighted by Gasteiger charge is 2.32. The summed E-state index contributed by atoms with van der Waals surface area (Å²) >= 11 is 6.05. The maximum absolute atomic E-state index is 13.9. The van der Waals surface area contributed by atoms with E-state index in [1.165, 1.54) is 17.9 Å². The molecule has 1 aromatic carbocycles. The number of hydrogen-bond donors (Lipinski definition) is 1. The molecule has 3 aromatic heterocycles. The summed E-state index contributed by atoms with van der Waals surface area (Å²) in [5.41, 5.74) is -0.728. The van der Waals surface area contributed by atoms with Crippen LogP contribution < -0.4 is 20.5 Å². The number of anilines is 2. The number of benzene rings is 1. The summed E-state index contributed by atoms with van der Waals surface area (Å²) < 4.78 is 73.0. The van der Waals surface area contributed by atoms with Crippen LogP contribution in [-0.2, 0) is 28.7 Å². The lowest BCUT2D eigenvalue weighted by atomic mass is 10.2. The number of piperazine rings is 1. The lowest BCUT2D eigenvalue weighted by Gasteiger charge is -2.36. The number of ether oxygens (including phenoxy) is 1. The largest absolute Gasteiger partial charge is 0.481 e. The number of fused-ring (bicyclic) bond motifs is 1. The summed E-state index contributed by atoms with van der Waals surface area (Å²) in [6, 6.07) is 5.63. The average molecular weight is 669 g/mol. The molecular formula is C28H26ClF5N8O4. The third-order valence-corrected chi connectivity index (χ3v) is 7.64. The van der Waals surface area contributed by atoms with Crippen molar-refractivity contribution in [2.24, 2.45) is 0 Å². The second-order valence-corrected chi connectivity index (χ2v) is 10.5. The average Bonchev–Trinajstić information content (AvgIpc) is 3.48. The Morgan fingerprint density at radius 1 is 1.11 bits per heavy atom. The number of halogens is 6. The number of methoxy groups -OCH3 is 1. The molecule has 46 heavy (non-hydrogen) atoms. The van der Waals surface area contributed by atoms with Crippen molar-refractivity contribution in [1.82, 2.24) is 29.0 Å². The van der Waals surface area contributed by atoms with Crippen LogP contribution in [0.1, 0.15) is 18.2 Å². The minimum absolute atomic E-state index is 0.0171. The van der Waals surface area contributed by atoms with Crippen LogP contribution in [-0.4, -0.2) is 80.6 Å². The van der Waals surface area contributed by atoms with Gasteiger partial charge in [0.05, 0.1) is 29.1 Å². The van der Waals surface area contributed by atoms with Crippen LogP contribution in [0, 0.1) is 0 Å². The lowest BCUT2D eigenvalue weighted by Crippen LogP contribution is -2.52. The van der Waals surface area contributed by atoms with E-state index in [4.69, 9.17) is 16.3 Å². The number of aromatic nitrogens is 5. The molecule has 1 aliphatic rings. The Bertz CT molecular complexity index is 1850. The van der Waals surface area contributed by atoms with Crippen LogP contribution in [0.4, 0.5) is 33.3 Å². The van der Waals surface area contributed by atoms with Crippen LogP contribution in [0.25, 0.3) is 17.2 Å². The van der Waals surface area contributed by atoms with Gasteiger partial charge in [0, 0.05) is 44.0 Å². The number of rotatable bonds is 8. The van der Waals surface area contributed by atoms with Gasteiger partial charge in [0.25, 0.3) is 11.5 Å². The quantitative estimate of drug-likeness (QED) is 0.282. The highest BCUT2D eigenvalue weighted by Crippen LogP contribution is 2.34. The van der Waals surface area contributed by atoms with Crippen molar-refractivity contribution in [3.63, 3.8) is 0 Å². The number of amides is 2. The minimum atomic E-state index is -4.64. The van der Waals surface area contributed by atoms with Crippen LogP contribution in [0.3, 0.4) is 0 Å². The Balaban J connectivity index is 1.57. The monoisotopic (exact) mass is 668 g/mol. The molecule has 0 bridgehead atoms. The SMILES string of the molecule is CCc1c(N2CCN(C(=O)C(F)F)CC2)c(=O)n2nc(-c3ccnc(OC)c3)nc2n1CC(=O)Nc1ccc(C(F)(F)F)cc1Cl. The second kappa shape index (κ2) is 12.9. The first-order valence-corrected chi connectivity index (χ1v) is 14.2. The standard InChI is InChI=1S/C28H26ClF5N8O4/c1-3-19-22(39-8-10-40(11-9-39)26(45)23(30)31)25(44)42-27(37-24(38-42)15-6-7-35-21(12-15)46-2)41(19)14-20(43)36-18-5-4-16(13-17(18)29)28(32,33)34/h4-7,12-13,23H,3,8-11,14H2,1-2H3,(H,36,43). The van der Waals surface area contributed by atoms with E-state index in [9.17, 15) is 36.3 Å². The molecular weight excluding hydrogens is 643 g/mol. The fraction of sp³-hybridized carbons (Fsp3) is 0.357. The molecule has 1 fully saturated rings. The van der Waals surface area contributed by atoms with E-state index in [0.717, 1.165) is 21.5 Å². The van der Waals surface area contributed by atoms with E-state index in [0.29, 0.717) is 17.3 Å². The van der Waals surface area contributed by atoms with Gasteiger partial charge in [-0.3, -0.25) is 14.4 Å². The van der Waals surface area contributed by atoms with Crippen LogP contribution in [0.5, 0.6) is 5.88 Å². The van der Waals surface area contributed by atoms with Gasteiger partial charge in [-0.05, 0) is 30.7 Å². The number of carbonyl (C=O) groups is 2. The summed E-state index contributed by atoms with van der Waals surface area (Å²) in [5, 5.41) is 6.56. The Hall–Kier alpha value is -4.80. The molecule has 4 aromatic rings. The number of alkyl halides is 5. The maximum Gasteiger partial charge on any atom is 0.416 e. The third kappa shape index (κ3) is 6.45. The molecule has 5 rings (SSSR count). The number of nitrogens with one attached hydrogen (secondary N) is 1. The van der Waals surface area contributed by atoms with E-state index in [1.54, 1.807) is 24.0 Å². The van der Waals surface area contributed by atoms with E-state index in [-0.39, 0.29) is 66.5 Å². The predicted molar refractivity (Wildman–Crippen MR) is 156 cm³/mol. The van der Waals surface area contributed by atoms with Gasteiger partial charge < -0.3 is 24.4 Å². The van der Waals surface area contributed by atoms with Crippen LogP contribution in [0.2, 0.25) is 5.02 Å². The fourth-order valence-electron chi connectivity index (χ4n) is 5.13. The van der Waals surface area contributed by atoms with Gasteiger partial charge in [-0.1, -0.05) is 18.5 Å². The zero-order valence-corrected chi connectivity index (χ0v) is 25.1. The maximum atomic E-state index is 13.9. The third-order valence-electron chi connectivity index (χ3n) is 7.33. The Morgan fingerprint density at radius 2 is 1.83 bits per heavy atom. The summed E-state index contributed by atoms with van der Waals surface area (Å²) in [6.45, 7) is 1.22. The number of pyridine rings is 1. The molecule has 0 spiro atoms. The highest BCUT2D eigenvalue weighted by molar-refractivity contribution is 6.33. The zero-order valence-electron chi connectivity index (χ0n) is 24.3. The summed E-state index contributed by atoms with van der Waals surface area (Å²) in [4.78, 5) is 50.4. The van der Waals surface area contributed by atoms with Crippen molar-refractivity contribution >= 4 is 40.6 Å². The van der Waals surface area contributed by atoms with Crippen molar-refractivity contribution in [3.05, 3.63) is 63.2 Å². The Kier molecular flexibility index (Phi) is 9.14. The molecule has 0 aliphatic carbocycles. The lowest BCUT2D eigenvalue weighted by molar-refractivity contribution is -0.143. The molecule has 4 heterocycles. The van der Waals surface area contributed by atoms with Gasteiger partial charge >= 0.3 is 12.6 Å². The van der Waals surface area contributed by atoms with E-state index in [2.05, 4.69) is 20.4 Å². The molecule has 1 N–H and O–H groups in total. The van der Waals surface area contributed by atoms with E-state index < -0.39 is 42.1 Å². The van der Waals surface area contributed by atoms with Crippen LogP contribution in [0.15, 0.2) is 41.3 Å². The Labute approximate surface area is 262 Å². The highest BCUT2D eigenvalue weighted by atomic mass is 35.5. The number of nitrogens with zero attached hydrogens (tertiary/aromatic N) is 7. The van der Waals surface area contributed by atoms with Gasteiger partial charge in [-0.15, -0.1) is 5.10 Å². The molecule has 18 heteroatoms. The fourth-order valence-corrected chi connectivity index (χ4v) is 5.35. The summed E-state index contributed by atoms with van der Waals surface area (Å²) in [6.07, 6.45) is -6.14. The van der Waals surface area contributed by atoms with Crippen molar-refractivity contribution in [2.45, 2.75) is 32.5 Å². The Morgan fingerprint density at radius 3 is 2.43 bits per heavy atom. The van der Waals surface area contributed by atoms with Crippen molar-refractivity contribution in [3.8, 4) is 17.3 Å². The molecule has 0 atom stereocenters. The predicted octanol–water partition coefficient (Wildman–Crippen LogP) is 3.75. The van der Waals surface area contributed by atoms with E-state index in [1.807, 2.05) is 0 Å². The van der Waals surface area contributed by atoms with Gasteiger partial charge in [0.2, 0.25) is 17.6 Å². The van der Waals surface area contributed by atoms with Gasteiger partial charge in [-0.25, -0.2) is 4.98 Å². The molecule has 12 nitrogen and oxygen atoms in total. The van der Waals surface area contributed by atoms with Crippen molar-refractivity contribution in [2.75, 3.05) is 43.5 Å². The number of hydrogen-bond acceptors (Lipinski definition) is 8. The summed E-state index contributed by atoms with van der Waals surface area (Å²) in [5.74, 6) is -1.67. The first kappa shape index (κ1) is 32.6. The molecule has 1 saturated heterocycles. The molecule has 244 valence electrons. The van der Waals surface area contributed by atoms with Crippen molar-refractivity contribution in [1.29, 1.82) is 0 Å². The van der Waals surface area contributed by atoms with Gasteiger partial charge in [-0.2, -0.15) is 31.5 Å². The van der Waals surface area contributed by atoms with Gasteiger partial charge in [0.1, 0.15) is 12.2 Å². The molecule has 0 unspecified atom stereocenters. The minimum Gasteiger partial charge on any atom is -0.481 e. The van der Waals surface area contributed by atoms with Crippen molar-refractivity contribution < 1.29 is 36.3 Å². The topological polar surface area (TPSA) is 127 Å². The van der Waals surface area contributed by atoms with E-state index >= 15 is 0 Å². The first-order valence-electron chi connectivity index (χ1n) is 13.8. The van der Waals surface area contributed by atoms with Crippen LogP contribution >= 0.6 is 11.6 Å². The molecule has 1 aliphatic heterocycles. The number of carbonyl (C=O) groups excluding carboxylic acids is 2. The zero-order chi connectivity index (χ0) is 33.3. The molecule has 2 amide bonds. The van der Waals surface area contributed by atoms with Gasteiger partial charge in [0.15, 0.2) is 5.82 Å². The molecule has 0 saturated carbocycles. The smallest absolute Gasteiger partial charge is 0.416 e. The normalized spacial score (nSPS) is 13.8. The molecule has 0 radical (unpaired) electrons.